The summed E-state index contributed by atoms with van der Waals surface area (Å²) in [5.74, 6) is -5.97. The average Bonchev–Trinajstić information content (AvgIpc) is 3.29. The summed E-state index contributed by atoms with van der Waals surface area (Å²) < 4.78 is 38.8. The molecule has 3 rings (SSSR count). The Hall–Kier alpha value is -5.46. The quantitative estimate of drug-likeness (QED) is 0.0288. The highest BCUT2D eigenvalue weighted by Crippen LogP contribution is 2.40. The van der Waals surface area contributed by atoms with Crippen molar-refractivity contribution in [1.82, 2.24) is 0 Å². The van der Waals surface area contributed by atoms with Crippen LogP contribution in [0, 0.1) is 23.2 Å². The zero-order valence-corrected chi connectivity index (χ0v) is 39.3. The first kappa shape index (κ1) is 52.9. The van der Waals surface area contributed by atoms with Crippen LogP contribution < -0.4 is 4.74 Å². The van der Waals surface area contributed by atoms with Crippen molar-refractivity contribution in [3.63, 3.8) is 0 Å². The third kappa shape index (κ3) is 16.0. The number of hydrogen-bond donors (Lipinski definition) is 0. The Morgan fingerprint density at radius 2 is 1.19 bits per heavy atom. The fourth-order valence-corrected chi connectivity index (χ4v) is 7.42. The van der Waals surface area contributed by atoms with Gasteiger partial charge < -0.3 is 33.2 Å². The van der Waals surface area contributed by atoms with Gasteiger partial charge in [0.25, 0.3) is 0 Å². The molecule has 0 radical (unpaired) electrons. The second kappa shape index (κ2) is 26.4. The van der Waals surface area contributed by atoms with E-state index in [0.29, 0.717) is 11.5 Å². The molecule has 0 aliphatic heterocycles. The lowest BCUT2D eigenvalue weighted by atomic mass is 9.76. The Morgan fingerprint density at radius 1 is 0.641 bits per heavy atom. The number of rotatable bonds is 26. The van der Waals surface area contributed by atoms with E-state index in [0.717, 1.165) is 23.5 Å². The lowest BCUT2D eigenvalue weighted by Crippen LogP contribution is -2.45. The van der Waals surface area contributed by atoms with Crippen LogP contribution in [-0.4, -0.2) is 75.5 Å². The zero-order chi connectivity index (χ0) is 47.4. The van der Waals surface area contributed by atoms with Crippen LogP contribution in [0.5, 0.6) is 5.75 Å². The summed E-state index contributed by atoms with van der Waals surface area (Å²) in [6.07, 6.45) is 10.8. The number of esters is 6. The number of carbonyl (C=O) groups is 6. The van der Waals surface area contributed by atoms with Crippen molar-refractivity contribution in [2.24, 2.45) is 23.2 Å². The number of carbonyl (C=O) groups excluding carboxylic acids is 6. The molecule has 1 aliphatic rings. The van der Waals surface area contributed by atoms with Gasteiger partial charge in [-0.1, -0.05) is 77.0 Å². The van der Waals surface area contributed by atoms with Crippen molar-refractivity contribution < 1.29 is 61.9 Å². The smallest absolute Gasteiger partial charge is 0.333 e. The molecule has 2 aromatic rings. The normalized spacial score (nSPS) is 16.5. The van der Waals surface area contributed by atoms with Gasteiger partial charge in [0.15, 0.2) is 11.8 Å². The summed E-state index contributed by atoms with van der Waals surface area (Å²) in [6, 6.07) is 12.2. The lowest BCUT2D eigenvalue weighted by Gasteiger charge is -2.33. The molecule has 1 aliphatic carbocycles. The summed E-state index contributed by atoms with van der Waals surface area (Å²) in [6.45, 7) is 18.3. The molecule has 2 atom stereocenters. The van der Waals surface area contributed by atoms with E-state index in [-0.39, 0.29) is 36.7 Å². The molecule has 0 aromatic heterocycles. The zero-order valence-electron chi connectivity index (χ0n) is 39.3. The van der Waals surface area contributed by atoms with Crippen LogP contribution in [0.15, 0.2) is 60.7 Å². The molecule has 0 amide bonds. The van der Waals surface area contributed by atoms with Crippen molar-refractivity contribution in [2.45, 2.75) is 126 Å². The van der Waals surface area contributed by atoms with Gasteiger partial charge in [-0.3, -0.25) is 19.2 Å². The molecular weight excluding hydrogens is 821 g/mol. The van der Waals surface area contributed by atoms with Gasteiger partial charge in [-0.15, -0.1) is 0 Å². The Balaban J connectivity index is 2.04. The van der Waals surface area contributed by atoms with E-state index >= 15 is 0 Å². The monoisotopic (exact) mass is 890 g/mol. The van der Waals surface area contributed by atoms with E-state index in [2.05, 4.69) is 45.2 Å². The first-order chi connectivity index (χ1) is 30.5. The van der Waals surface area contributed by atoms with Crippen molar-refractivity contribution >= 4 is 35.8 Å². The van der Waals surface area contributed by atoms with E-state index in [1.165, 1.54) is 83.3 Å². The number of benzene rings is 2. The lowest BCUT2D eigenvalue weighted by molar-refractivity contribution is -0.171. The van der Waals surface area contributed by atoms with E-state index < -0.39 is 79.5 Å². The SMILES string of the molecule is C=C(C)C(=O)OCc1cc(-c2ccc(C3CCC(CCCCC)CC3)cc2CC)ccc1OCC(COC(=O)C(=C)C)(COC(=O)C(C)C(=O)OCC)COC(=O)C(C)C(=O)OCC. The highest BCUT2D eigenvalue weighted by Gasteiger charge is 2.40. The van der Waals surface area contributed by atoms with E-state index in [4.69, 9.17) is 33.2 Å². The largest absolute Gasteiger partial charge is 0.492 e. The molecule has 1 fully saturated rings. The van der Waals surface area contributed by atoms with Crippen molar-refractivity contribution in [1.29, 1.82) is 0 Å². The highest BCUT2D eigenvalue weighted by molar-refractivity contribution is 5.95. The molecule has 0 N–H and O–H groups in total. The summed E-state index contributed by atoms with van der Waals surface area (Å²) in [4.78, 5) is 76.7. The highest BCUT2D eigenvalue weighted by atomic mass is 16.6. The maximum absolute atomic E-state index is 13.2. The predicted molar refractivity (Wildman–Crippen MR) is 242 cm³/mol. The van der Waals surface area contributed by atoms with Gasteiger partial charge in [-0.05, 0) is 120 Å². The molecule has 0 spiro atoms. The van der Waals surface area contributed by atoms with Gasteiger partial charge in [-0.2, -0.15) is 0 Å². The van der Waals surface area contributed by atoms with Crippen molar-refractivity contribution in [2.75, 3.05) is 39.6 Å². The number of aryl methyl sites for hydroxylation is 1. The third-order valence-electron chi connectivity index (χ3n) is 11.5. The van der Waals surface area contributed by atoms with E-state index in [9.17, 15) is 28.8 Å². The molecule has 2 aromatic carbocycles. The fourth-order valence-electron chi connectivity index (χ4n) is 7.42. The van der Waals surface area contributed by atoms with Gasteiger partial charge >= 0.3 is 35.8 Å². The van der Waals surface area contributed by atoms with E-state index in [1.807, 2.05) is 12.1 Å². The first-order valence-electron chi connectivity index (χ1n) is 22.7. The molecule has 0 saturated heterocycles. The van der Waals surface area contributed by atoms with E-state index in [1.54, 1.807) is 26.8 Å². The molecule has 13 heteroatoms. The number of hydrogen-bond acceptors (Lipinski definition) is 13. The summed E-state index contributed by atoms with van der Waals surface area (Å²) in [5.41, 5.74) is 3.54. The maximum atomic E-state index is 13.2. The molecule has 13 nitrogen and oxygen atoms in total. The van der Waals surface area contributed by atoms with Crippen LogP contribution in [-0.2, 0) is 70.2 Å². The number of ether oxygens (including phenoxy) is 7. The van der Waals surface area contributed by atoms with Crippen molar-refractivity contribution in [3.8, 4) is 16.9 Å². The molecule has 352 valence electrons. The molecule has 1 saturated carbocycles. The average molecular weight is 891 g/mol. The molecule has 2 unspecified atom stereocenters. The van der Waals surface area contributed by atoms with Crippen molar-refractivity contribution in [3.05, 3.63) is 77.4 Å². The number of unbranched alkanes of at least 4 members (excludes halogenated alkanes) is 2. The van der Waals surface area contributed by atoms with Crippen LogP contribution in [0.2, 0.25) is 0 Å². The third-order valence-corrected chi connectivity index (χ3v) is 11.5. The second-order valence-corrected chi connectivity index (χ2v) is 17.0. The Labute approximate surface area is 379 Å². The van der Waals surface area contributed by atoms with Crippen LogP contribution in [0.25, 0.3) is 11.1 Å². The molecule has 0 bridgehead atoms. The van der Waals surface area contributed by atoms with Gasteiger partial charge in [-0.25, -0.2) is 9.59 Å². The minimum absolute atomic E-state index is 0.0354. The standard InChI is InChI=1S/C51H70O13/c1-11-15-16-17-37-18-20-39(21-19-37)40-22-24-43(38(12-2)26-40)41-23-25-44(42(27-41)28-60-45(52)33(5)6)61-29-51(30-62-46(53)34(7)8,31-63-49(56)35(9)47(54)58-13-3)32-64-50(57)36(10)48(55)59-14-4/h22-27,35-37,39H,5,7,11-21,28-32H2,1-4,6,8-10H3. The van der Waals surface area contributed by atoms with Gasteiger partial charge in [0.1, 0.15) is 44.2 Å². The summed E-state index contributed by atoms with van der Waals surface area (Å²) in [7, 11) is 0. The topological polar surface area (TPSA) is 167 Å². The maximum Gasteiger partial charge on any atom is 0.333 e. The Morgan fingerprint density at radius 3 is 1.72 bits per heavy atom. The second-order valence-electron chi connectivity index (χ2n) is 17.0. The molecule has 64 heavy (non-hydrogen) atoms. The minimum atomic E-state index is -1.62. The first-order valence-corrected chi connectivity index (χ1v) is 22.7. The van der Waals surface area contributed by atoms with Gasteiger partial charge in [0.2, 0.25) is 0 Å². The molecule has 0 heterocycles. The van der Waals surface area contributed by atoms with Crippen LogP contribution in [0.3, 0.4) is 0 Å². The predicted octanol–water partition coefficient (Wildman–Crippen LogP) is 9.36. The van der Waals surface area contributed by atoms with Crippen LogP contribution in [0.4, 0.5) is 0 Å². The minimum Gasteiger partial charge on any atom is -0.492 e. The Kier molecular flexibility index (Phi) is 21.8. The Bertz CT molecular complexity index is 1900. The fraction of sp³-hybridized carbons (Fsp3) is 0.569. The van der Waals surface area contributed by atoms with Crippen LogP contribution >= 0.6 is 0 Å². The summed E-state index contributed by atoms with van der Waals surface area (Å²) in [5, 5.41) is 0. The summed E-state index contributed by atoms with van der Waals surface area (Å²) >= 11 is 0. The van der Waals surface area contributed by atoms with Gasteiger partial charge in [0, 0.05) is 16.7 Å². The van der Waals surface area contributed by atoms with Gasteiger partial charge in [0.05, 0.1) is 13.2 Å². The molecular formula is C51H70O13. The van der Waals surface area contributed by atoms with Crippen LogP contribution in [0.1, 0.15) is 129 Å².